The highest BCUT2D eigenvalue weighted by molar-refractivity contribution is 6.32. The number of hydrogen-bond acceptors (Lipinski definition) is 8. The fourth-order valence-electron chi connectivity index (χ4n) is 3.72. The molecule has 0 aliphatic heterocycles. The highest BCUT2D eigenvalue weighted by atomic mass is 35.5. The zero-order chi connectivity index (χ0) is 24.0. The number of nitrogens with zero attached hydrogens (tertiary/aromatic N) is 4. The first kappa shape index (κ1) is 21.5. The average Bonchev–Trinajstić information content (AvgIpc) is 3.07. The maximum Gasteiger partial charge on any atom is 0.284 e. The van der Waals surface area contributed by atoms with E-state index in [1.54, 1.807) is 24.3 Å². The zero-order valence-corrected chi connectivity index (χ0v) is 16.9. The van der Waals surface area contributed by atoms with E-state index in [0.717, 1.165) is 12.1 Å². The van der Waals surface area contributed by atoms with Crippen molar-refractivity contribution in [1.29, 1.82) is 0 Å². The minimum atomic E-state index is -0.890. The predicted molar refractivity (Wildman–Crippen MR) is 117 cm³/mol. The predicted octanol–water partition coefficient (Wildman–Crippen LogP) is 5.54. The highest BCUT2D eigenvalue weighted by Crippen LogP contribution is 2.55. The SMILES string of the molecule is O=[N+]([O-])c1cc2c(c([N+](=O)[O-])c1)-c1c(cc([N+](=O)[O-])cc1[N+](=O)[O-])C2=Cc1ccccc1Cl. The van der Waals surface area contributed by atoms with Crippen molar-refractivity contribution in [3.63, 3.8) is 0 Å². The molecule has 0 spiro atoms. The Morgan fingerprint density at radius 1 is 0.667 bits per heavy atom. The third-order valence-corrected chi connectivity index (χ3v) is 5.40. The van der Waals surface area contributed by atoms with E-state index >= 15 is 0 Å². The van der Waals surface area contributed by atoms with Gasteiger partial charge in [-0.2, -0.15) is 0 Å². The van der Waals surface area contributed by atoms with Gasteiger partial charge < -0.3 is 0 Å². The van der Waals surface area contributed by atoms with Crippen LogP contribution in [0.2, 0.25) is 5.02 Å². The Labute approximate surface area is 187 Å². The summed E-state index contributed by atoms with van der Waals surface area (Å²) in [7, 11) is 0. The first-order chi connectivity index (χ1) is 15.6. The smallest absolute Gasteiger partial charge is 0.258 e. The molecule has 13 heteroatoms. The maximum atomic E-state index is 11.8. The third-order valence-electron chi connectivity index (χ3n) is 5.06. The Bertz CT molecular complexity index is 1370. The van der Waals surface area contributed by atoms with Gasteiger partial charge in [-0.1, -0.05) is 29.8 Å². The van der Waals surface area contributed by atoms with Crippen LogP contribution < -0.4 is 0 Å². The summed E-state index contributed by atoms with van der Waals surface area (Å²) in [6.45, 7) is 0. The molecule has 3 aromatic carbocycles. The zero-order valence-electron chi connectivity index (χ0n) is 16.1. The lowest BCUT2D eigenvalue weighted by Gasteiger charge is -2.05. The lowest BCUT2D eigenvalue weighted by Crippen LogP contribution is -1.99. The van der Waals surface area contributed by atoms with Crippen LogP contribution in [0.4, 0.5) is 22.7 Å². The second kappa shape index (κ2) is 7.76. The maximum absolute atomic E-state index is 11.8. The Kier molecular flexibility index (Phi) is 5.06. The first-order valence-electron chi connectivity index (χ1n) is 9.01. The van der Waals surface area contributed by atoms with E-state index in [-0.39, 0.29) is 32.8 Å². The molecule has 164 valence electrons. The lowest BCUT2D eigenvalue weighted by atomic mass is 10.00. The van der Waals surface area contributed by atoms with Gasteiger partial charge in [0.15, 0.2) is 0 Å². The molecule has 0 radical (unpaired) electrons. The fourth-order valence-corrected chi connectivity index (χ4v) is 3.91. The molecule has 1 aliphatic carbocycles. The monoisotopic (exact) mass is 468 g/mol. The summed E-state index contributed by atoms with van der Waals surface area (Å²) in [6, 6.07) is 9.91. The van der Waals surface area contributed by atoms with Crippen LogP contribution in [0.25, 0.3) is 22.8 Å². The first-order valence-corrected chi connectivity index (χ1v) is 9.39. The van der Waals surface area contributed by atoms with E-state index in [1.165, 1.54) is 6.08 Å². The second-order valence-corrected chi connectivity index (χ2v) is 7.29. The Morgan fingerprint density at radius 3 is 1.52 bits per heavy atom. The van der Waals surface area contributed by atoms with Crippen molar-refractivity contribution in [2.24, 2.45) is 0 Å². The fraction of sp³-hybridized carbons (Fsp3) is 0. The number of hydrogen-bond donors (Lipinski definition) is 0. The van der Waals surface area contributed by atoms with Gasteiger partial charge in [0.1, 0.15) is 0 Å². The molecule has 12 nitrogen and oxygen atoms in total. The summed E-state index contributed by atoms with van der Waals surface area (Å²) in [4.78, 5) is 43.0. The molecule has 0 saturated heterocycles. The molecule has 0 bridgehead atoms. The van der Waals surface area contributed by atoms with Crippen LogP contribution in [0.3, 0.4) is 0 Å². The van der Waals surface area contributed by atoms with E-state index in [2.05, 4.69) is 0 Å². The van der Waals surface area contributed by atoms with Crippen molar-refractivity contribution >= 4 is 46.0 Å². The quantitative estimate of drug-likeness (QED) is 0.271. The number of non-ortho nitro benzene ring substituents is 2. The van der Waals surface area contributed by atoms with Gasteiger partial charge in [-0.15, -0.1) is 0 Å². The molecule has 1 aliphatic rings. The molecule has 33 heavy (non-hydrogen) atoms. The summed E-state index contributed by atoms with van der Waals surface area (Å²) in [5, 5.41) is 46.7. The molecule has 0 aromatic heterocycles. The number of nitro benzene ring substituents is 4. The Morgan fingerprint density at radius 2 is 1.12 bits per heavy atom. The Hall–Kier alpha value is -4.71. The molecule has 0 amide bonds. The molecule has 0 N–H and O–H groups in total. The van der Waals surface area contributed by atoms with Crippen LogP contribution >= 0.6 is 11.6 Å². The standard InChI is InChI=1S/C20H9ClN4O8/c21-16-4-2-1-3-10(16)5-13-14-6-11(22(26)27)8-17(24(30)31)19(14)20-15(13)7-12(23(28)29)9-18(20)25(32)33/h1-9H. The molecular weight excluding hydrogens is 460 g/mol. The van der Waals surface area contributed by atoms with Crippen molar-refractivity contribution in [3.8, 4) is 11.1 Å². The molecule has 4 rings (SSSR count). The van der Waals surface area contributed by atoms with Gasteiger partial charge in [0.2, 0.25) is 0 Å². The lowest BCUT2D eigenvalue weighted by molar-refractivity contribution is -0.395. The number of rotatable bonds is 5. The van der Waals surface area contributed by atoms with Crippen LogP contribution in [0, 0.1) is 40.5 Å². The van der Waals surface area contributed by atoms with Gasteiger partial charge in [0, 0.05) is 28.3 Å². The van der Waals surface area contributed by atoms with Crippen molar-refractivity contribution in [1.82, 2.24) is 0 Å². The normalized spacial score (nSPS) is 11.5. The van der Waals surface area contributed by atoms with Crippen LogP contribution in [-0.4, -0.2) is 19.7 Å². The summed E-state index contributed by atoms with van der Waals surface area (Å²) >= 11 is 6.21. The summed E-state index contributed by atoms with van der Waals surface area (Å²) in [5.41, 5.74) is -2.78. The Balaban J connectivity index is 2.21. The minimum Gasteiger partial charge on any atom is -0.258 e. The largest absolute Gasteiger partial charge is 0.284 e. The van der Waals surface area contributed by atoms with Crippen molar-refractivity contribution in [2.75, 3.05) is 0 Å². The highest BCUT2D eigenvalue weighted by Gasteiger charge is 2.40. The van der Waals surface area contributed by atoms with Crippen LogP contribution in [0.5, 0.6) is 0 Å². The molecule has 0 atom stereocenters. The van der Waals surface area contributed by atoms with E-state index in [1.807, 2.05) is 0 Å². The third kappa shape index (κ3) is 3.53. The molecule has 3 aromatic rings. The van der Waals surface area contributed by atoms with Crippen molar-refractivity contribution < 1.29 is 19.7 Å². The van der Waals surface area contributed by atoms with Crippen LogP contribution in [0.15, 0.2) is 48.5 Å². The second-order valence-electron chi connectivity index (χ2n) is 6.88. The number of benzene rings is 3. The van der Waals surface area contributed by atoms with Crippen LogP contribution in [-0.2, 0) is 0 Å². The summed E-state index contributed by atoms with van der Waals surface area (Å²) in [5.74, 6) is 0. The number of nitro groups is 4. The van der Waals surface area contributed by atoms with E-state index < -0.39 is 42.4 Å². The minimum absolute atomic E-state index is 0.0468. The average molecular weight is 469 g/mol. The molecular formula is C20H9ClN4O8. The van der Waals surface area contributed by atoms with Gasteiger partial charge in [-0.05, 0) is 23.3 Å². The summed E-state index contributed by atoms with van der Waals surface area (Å²) in [6.07, 6.45) is 1.42. The van der Waals surface area contributed by atoms with E-state index in [0.29, 0.717) is 17.7 Å². The van der Waals surface area contributed by atoms with Crippen LogP contribution in [0.1, 0.15) is 16.7 Å². The molecule has 0 unspecified atom stereocenters. The molecule has 0 saturated carbocycles. The van der Waals surface area contributed by atoms with Gasteiger partial charge >= 0.3 is 0 Å². The van der Waals surface area contributed by atoms with E-state index in [4.69, 9.17) is 11.6 Å². The van der Waals surface area contributed by atoms with Gasteiger partial charge in [-0.25, -0.2) is 0 Å². The molecule has 0 fully saturated rings. The topological polar surface area (TPSA) is 173 Å². The number of fused-ring (bicyclic) bond motifs is 3. The van der Waals surface area contributed by atoms with Crippen molar-refractivity contribution in [3.05, 3.63) is 111 Å². The summed E-state index contributed by atoms with van der Waals surface area (Å²) < 4.78 is 0. The molecule has 0 heterocycles. The van der Waals surface area contributed by atoms with E-state index in [9.17, 15) is 40.5 Å². The van der Waals surface area contributed by atoms with Gasteiger partial charge in [0.25, 0.3) is 22.7 Å². The van der Waals surface area contributed by atoms with Crippen molar-refractivity contribution in [2.45, 2.75) is 0 Å². The van der Waals surface area contributed by atoms with Gasteiger partial charge in [-0.3, -0.25) is 40.5 Å². The van der Waals surface area contributed by atoms with Gasteiger partial charge in [0.05, 0.1) is 43.0 Å². The number of halogens is 1.